The van der Waals surface area contributed by atoms with E-state index >= 15 is 0 Å². The van der Waals surface area contributed by atoms with E-state index in [2.05, 4.69) is 24.8 Å². The summed E-state index contributed by atoms with van der Waals surface area (Å²) in [6.07, 6.45) is 11.1. The highest BCUT2D eigenvalue weighted by molar-refractivity contribution is 5.22. The first-order valence-electron chi connectivity index (χ1n) is 4.40. The molecule has 0 heterocycles. The van der Waals surface area contributed by atoms with Gasteiger partial charge in [0.05, 0.1) is 12.9 Å². The summed E-state index contributed by atoms with van der Waals surface area (Å²) < 4.78 is 5.00. The maximum absolute atomic E-state index is 5.00. The van der Waals surface area contributed by atoms with Crippen LogP contribution >= 0.6 is 0 Å². The van der Waals surface area contributed by atoms with Crippen LogP contribution in [0.5, 0.6) is 0 Å². The van der Waals surface area contributed by atoms with Gasteiger partial charge < -0.3 is 4.74 Å². The third-order valence-corrected chi connectivity index (χ3v) is 2.05. The van der Waals surface area contributed by atoms with Gasteiger partial charge in [0.25, 0.3) is 0 Å². The summed E-state index contributed by atoms with van der Waals surface area (Å²) in [5.74, 6) is 0.870. The van der Waals surface area contributed by atoms with Crippen LogP contribution in [0.2, 0.25) is 0 Å². The molecule has 0 aromatic rings. The van der Waals surface area contributed by atoms with Crippen LogP contribution in [-0.2, 0) is 4.74 Å². The Labute approximate surface area is 74.4 Å². The lowest BCUT2D eigenvalue weighted by molar-refractivity contribution is 0.279. The molecule has 0 saturated heterocycles. The van der Waals surface area contributed by atoms with Gasteiger partial charge in [-0.15, -0.1) is 0 Å². The highest BCUT2D eigenvalue weighted by Crippen LogP contribution is 2.16. The second kappa shape index (κ2) is 4.81. The average molecular weight is 164 g/mol. The fourth-order valence-corrected chi connectivity index (χ4v) is 1.24. The molecule has 1 aliphatic carbocycles. The zero-order chi connectivity index (χ0) is 8.81. The molecule has 0 bridgehead atoms. The van der Waals surface area contributed by atoms with E-state index in [1.807, 2.05) is 0 Å². The monoisotopic (exact) mass is 164 g/mol. The van der Waals surface area contributed by atoms with Crippen LogP contribution in [0.3, 0.4) is 0 Å². The van der Waals surface area contributed by atoms with E-state index in [0.717, 1.165) is 18.6 Å². The van der Waals surface area contributed by atoms with Gasteiger partial charge in [-0.2, -0.15) is 0 Å². The minimum atomic E-state index is 0.870. The second-order valence-electron chi connectivity index (χ2n) is 3.00. The van der Waals surface area contributed by atoms with Gasteiger partial charge in [0.15, 0.2) is 0 Å². The summed E-state index contributed by atoms with van der Waals surface area (Å²) in [5.41, 5.74) is 1.42. The van der Waals surface area contributed by atoms with E-state index < -0.39 is 0 Å². The van der Waals surface area contributed by atoms with Gasteiger partial charge in [-0.1, -0.05) is 30.4 Å². The van der Waals surface area contributed by atoms with Gasteiger partial charge >= 0.3 is 0 Å². The molecule has 0 radical (unpaired) electrons. The number of hydrogen-bond donors (Lipinski definition) is 0. The quantitative estimate of drug-likeness (QED) is 0.580. The van der Waals surface area contributed by atoms with Crippen LogP contribution in [0.4, 0.5) is 0 Å². The van der Waals surface area contributed by atoms with E-state index in [4.69, 9.17) is 4.74 Å². The molecule has 66 valence electrons. The van der Waals surface area contributed by atoms with Gasteiger partial charge in [-0.3, -0.25) is 0 Å². The minimum absolute atomic E-state index is 0.870. The lowest BCUT2D eigenvalue weighted by Gasteiger charge is -2.07. The van der Waals surface area contributed by atoms with Gasteiger partial charge in [0, 0.05) is 6.42 Å². The van der Waals surface area contributed by atoms with Gasteiger partial charge in [0.1, 0.15) is 0 Å². The maximum atomic E-state index is 5.00. The first kappa shape index (κ1) is 9.11. The zero-order valence-electron chi connectivity index (χ0n) is 7.68. The SMILES string of the molecule is C=C(CCC1=CCCC=C1)OC. The van der Waals surface area contributed by atoms with Crippen molar-refractivity contribution in [3.8, 4) is 0 Å². The van der Waals surface area contributed by atoms with Crippen LogP contribution in [-0.4, -0.2) is 7.11 Å². The van der Waals surface area contributed by atoms with Crippen molar-refractivity contribution in [2.24, 2.45) is 0 Å². The summed E-state index contributed by atoms with van der Waals surface area (Å²) in [7, 11) is 1.67. The normalized spacial score (nSPS) is 15.6. The molecular formula is C11H16O. The van der Waals surface area contributed by atoms with Crippen molar-refractivity contribution in [2.75, 3.05) is 7.11 Å². The van der Waals surface area contributed by atoms with Crippen molar-refractivity contribution < 1.29 is 4.74 Å². The number of hydrogen-bond acceptors (Lipinski definition) is 1. The van der Waals surface area contributed by atoms with Crippen molar-refractivity contribution >= 4 is 0 Å². The Balaban J connectivity index is 2.27. The molecule has 1 heteroatoms. The molecule has 0 unspecified atom stereocenters. The Hall–Kier alpha value is -0.980. The molecular weight excluding hydrogens is 148 g/mol. The van der Waals surface area contributed by atoms with Crippen LogP contribution in [0.1, 0.15) is 25.7 Å². The molecule has 0 fully saturated rings. The highest BCUT2D eigenvalue weighted by atomic mass is 16.5. The Kier molecular flexibility index (Phi) is 3.65. The van der Waals surface area contributed by atoms with E-state index in [9.17, 15) is 0 Å². The zero-order valence-corrected chi connectivity index (χ0v) is 7.68. The first-order chi connectivity index (χ1) is 5.83. The largest absolute Gasteiger partial charge is 0.502 e. The number of rotatable bonds is 4. The molecule has 0 amide bonds. The van der Waals surface area contributed by atoms with Crippen molar-refractivity contribution in [3.05, 3.63) is 36.1 Å². The molecule has 0 spiro atoms. The van der Waals surface area contributed by atoms with Gasteiger partial charge in [-0.05, 0) is 19.3 Å². The summed E-state index contributed by atoms with van der Waals surface area (Å²) in [6.45, 7) is 3.78. The van der Waals surface area contributed by atoms with Crippen molar-refractivity contribution in [1.82, 2.24) is 0 Å². The number of ether oxygens (including phenoxy) is 1. The Morgan fingerprint density at radius 2 is 2.42 bits per heavy atom. The number of allylic oxidation sites excluding steroid dienone is 5. The fourth-order valence-electron chi connectivity index (χ4n) is 1.24. The van der Waals surface area contributed by atoms with Gasteiger partial charge in [0.2, 0.25) is 0 Å². The molecule has 0 atom stereocenters. The molecule has 0 aromatic heterocycles. The molecule has 0 aromatic carbocycles. The van der Waals surface area contributed by atoms with E-state index in [0.29, 0.717) is 0 Å². The molecule has 0 N–H and O–H groups in total. The van der Waals surface area contributed by atoms with Crippen LogP contribution in [0.25, 0.3) is 0 Å². The standard InChI is InChI=1S/C11H16O/c1-10(12-2)8-9-11-6-4-3-5-7-11/h4,6-7H,1,3,5,8-9H2,2H3. The fraction of sp³-hybridized carbons (Fsp3) is 0.455. The molecule has 12 heavy (non-hydrogen) atoms. The first-order valence-corrected chi connectivity index (χ1v) is 4.40. The minimum Gasteiger partial charge on any atom is -0.502 e. The molecule has 1 aliphatic rings. The third kappa shape index (κ3) is 2.95. The maximum Gasteiger partial charge on any atom is 0.0887 e. The van der Waals surface area contributed by atoms with E-state index in [1.54, 1.807) is 7.11 Å². The van der Waals surface area contributed by atoms with Crippen LogP contribution in [0, 0.1) is 0 Å². The number of methoxy groups -OCH3 is 1. The van der Waals surface area contributed by atoms with Crippen LogP contribution < -0.4 is 0 Å². The average Bonchev–Trinajstić information content (AvgIpc) is 2.16. The predicted octanol–water partition coefficient (Wildman–Crippen LogP) is 3.20. The van der Waals surface area contributed by atoms with Gasteiger partial charge in [-0.25, -0.2) is 0 Å². The Morgan fingerprint density at radius 3 is 3.00 bits per heavy atom. The lowest BCUT2D eigenvalue weighted by atomic mass is 10.0. The summed E-state index contributed by atoms with van der Waals surface area (Å²) >= 11 is 0. The highest BCUT2D eigenvalue weighted by Gasteiger charge is 1.98. The lowest BCUT2D eigenvalue weighted by Crippen LogP contribution is -1.89. The Morgan fingerprint density at radius 1 is 1.58 bits per heavy atom. The second-order valence-corrected chi connectivity index (χ2v) is 3.00. The topological polar surface area (TPSA) is 9.23 Å². The van der Waals surface area contributed by atoms with Crippen molar-refractivity contribution in [1.29, 1.82) is 0 Å². The predicted molar refractivity (Wildman–Crippen MR) is 51.8 cm³/mol. The molecule has 1 nitrogen and oxygen atoms in total. The molecule has 0 aliphatic heterocycles. The van der Waals surface area contributed by atoms with Crippen molar-refractivity contribution in [3.63, 3.8) is 0 Å². The van der Waals surface area contributed by atoms with E-state index in [1.165, 1.54) is 18.4 Å². The summed E-state index contributed by atoms with van der Waals surface area (Å²) in [6, 6.07) is 0. The Bertz CT molecular complexity index is 211. The summed E-state index contributed by atoms with van der Waals surface area (Å²) in [4.78, 5) is 0. The third-order valence-electron chi connectivity index (χ3n) is 2.05. The summed E-state index contributed by atoms with van der Waals surface area (Å²) in [5, 5.41) is 0. The van der Waals surface area contributed by atoms with E-state index in [-0.39, 0.29) is 0 Å². The molecule has 1 rings (SSSR count). The van der Waals surface area contributed by atoms with Crippen LogP contribution in [0.15, 0.2) is 36.1 Å². The van der Waals surface area contributed by atoms with Crippen molar-refractivity contribution in [2.45, 2.75) is 25.7 Å². The molecule has 0 saturated carbocycles. The smallest absolute Gasteiger partial charge is 0.0887 e.